The zero-order valence-corrected chi connectivity index (χ0v) is 18.3. The second-order valence-electron chi connectivity index (χ2n) is 7.20. The largest absolute Gasteiger partial charge is 0.497 e. The highest BCUT2D eigenvalue weighted by Crippen LogP contribution is 2.35. The van der Waals surface area contributed by atoms with Crippen molar-refractivity contribution in [2.24, 2.45) is 0 Å². The summed E-state index contributed by atoms with van der Waals surface area (Å²) < 4.78 is 17.5. The first-order valence-electron chi connectivity index (χ1n) is 10.1. The van der Waals surface area contributed by atoms with Crippen molar-refractivity contribution in [3.8, 4) is 17.2 Å². The highest BCUT2D eigenvalue weighted by Gasteiger charge is 2.27. The Hall–Kier alpha value is -4.17. The number of thiazole rings is 1. The number of carbonyl (C=O) groups excluding carboxylic acids is 2. The average molecular weight is 458 g/mol. The van der Waals surface area contributed by atoms with Crippen LogP contribution in [0.1, 0.15) is 15.9 Å². The van der Waals surface area contributed by atoms with Gasteiger partial charge >= 0.3 is 0 Å². The van der Waals surface area contributed by atoms with Gasteiger partial charge in [-0.2, -0.15) is 0 Å². The maximum absolute atomic E-state index is 12.6. The molecule has 0 saturated heterocycles. The Balaban J connectivity index is 1.24. The molecule has 4 aromatic rings. The van der Waals surface area contributed by atoms with E-state index in [1.807, 2.05) is 30.3 Å². The maximum Gasteiger partial charge on any atom is 0.264 e. The van der Waals surface area contributed by atoms with Crippen molar-refractivity contribution in [2.45, 2.75) is 0 Å². The van der Waals surface area contributed by atoms with Crippen molar-refractivity contribution in [3.63, 3.8) is 0 Å². The number of fused-ring (bicyclic) bond motifs is 2. The van der Waals surface area contributed by atoms with Gasteiger partial charge in [0.2, 0.25) is 5.78 Å². The first kappa shape index (κ1) is 20.7. The van der Waals surface area contributed by atoms with Crippen molar-refractivity contribution in [2.75, 3.05) is 19.0 Å². The molecular weight excluding hydrogens is 440 g/mol. The summed E-state index contributed by atoms with van der Waals surface area (Å²) in [7, 11) is 1.56. The van der Waals surface area contributed by atoms with Gasteiger partial charge in [0.25, 0.3) is 5.91 Å². The molecule has 5 rings (SSSR count). The van der Waals surface area contributed by atoms with Crippen LogP contribution in [0.5, 0.6) is 17.2 Å². The number of ketones is 1. The predicted octanol–water partition coefficient (Wildman–Crippen LogP) is 4.94. The van der Waals surface area contributed by atoms with E-state index in [9.17, 15) is 9.59 Å². The second-order valence-corrected chi connectivity index (χ2v) is 8.23. The van der Waals surface area contributed by atoms with Gasteiger partial charge in [-0.3, -0.25) is 14.9 Å². The van der Waals surface area contributed by atoms with E-state index in [0.717, 1.165) is 10.2 Å². The summed E-state index contributed by atoms with van der Waals surface area (Å²) in [5.41, 5.74) is 2.03. The van der Waals surface area contributed by atoms with Gasteiger partial charge in [0.1, 0.15) is 17.2 Å². The minimum Gasteiger partial charge on any atom is -0.497 e. The van der Waals surface area contributed by atoms with Gasteiger partial charge in [-0.05, 0) is 48.0 Å². The van der Waals surface area contributed by atoms with Crippen LogP contribution in [0.15, 0.2) is 72.5 Å². The van der Waals surface area contributed by atoms with Crippen LogP contribution in [0.2, 0.25) is 0 Å². The Morgan fingerprint density at radius 3 is 2.82 bits per heavy atom. The minimum atomic E-state index is -0.309. The Morgan fingerprint density at radius 1 is 1.09 bits per heavy atom. The molecule has 0 radical (unpaired) electrons. The highest BCUT2D eigenvalue weighted by atomic mass is 32.1. The summed E-state index contributed by atoms with van der Waals surface area (Å²) in [5, 5.41) is 3.28. The van der Waals surface area contributed by atoms with Crippen molar-refractivity contribution in [1.29, 1.82) is 0 Å². The number of Topliss-reactive ketones (excluding diaryl/α,β-unsaturated/α-hetero) is 1. The quantitative estimate of drug-likeness (QED) is 0.412. The number of allylic oxidation sites excluding steroid dienone is 1. The van der Waals surface area contributed by atoms with Gasteiger partial charge < -0.3 is 14.2 Å². The summed E-state index contributed by atoms with van der Waals surface area (Å²) in [5.74, 6) is 1.27. The summed E-state index contributed by atoms with van der Waals surface area (Å²) in [4.78, 5) is 29.3. The average Bonchev–Trinajstić information content (AvgIpc) is 3.37. The van der Waals surface area contributed by atoms with E-state index in [1.165, 1.54) is 11.3 Å². The van der Waals surface area contributed by atoms with E-state index in [2.05, 4.69) is 10.3 Å². The summed E-state index contributed by atoms with van der Waals surface area (Å²) in [6.07, 6.45) is 1.64. The predicted molar refractivity (Wildman–Crippen MR) is 126 cm³/mol. The van der Waals surface area contributed by atoms with Crippen molar-refractivity contribution in [1.82, 2.24) is 4.98 Å². The summed E-state index contributed by atoms with van der Waals surface area (Å²) in [6.45, 7) is -0.170. The number of carbonyl (C=O) groups is 2. The lowest BCUT2D eigenvalue weighted by atomic mass is 10.1. The van der Waals surface area contributed by atoms with Crippen molar-refractivity contribution in [3.05, 3.63) is 83.6 Å². The molecule has 1 amide bonds. The molecule has 1 aromatic heterocycles. The standard InChI is InChI=1S/C25H18N2O5S/c1-30-16-9-10-18-20(13-16)32-21(24(18)29)12-15-5-4-6-17(11-15)31-14-23(28)27-25-26-19-7-2-3-8-22(19)33-25/h2-13H,14H2,1H3,(H,26,27,28)/b21-12-. The van der Waals surface area contributed by atoms with E-state index in [0.29, 0.717) is 33.5 Å². The molecule has 33 heavy (non-hydrogen) atoms. The molecule has 1 aliphatic heterocycles. The second kappa shape index (κ2) is 8.76. The number of hydrogen-bond acceptors (Lipinski definition) is 7. The lowest BCUT2D eigenvalue weighted by molar-refractivity contribution is -0.118. The minimum absolute atomic E-state index is 0.170. The fourth-order valence-electron chi connectivity index (χ4n) is 3.37. The van der Waals surface area contributed by atoms with E-state index in [-0.39, 0.29) is 24.1 Å². The fourth-order valence-corrected chi connectivity index (χ4v) is 4.25. The number of nitrogens with one attached hydrogen (secondary N) is 1. The number of amides is 1. The molecule has 7 nitrogen and oxygen atoms in total. The molecule has 0 unspecified atom stereocenters. The molecule has 3 aromatic carbocycles. The topological polar surface area (TPSA) is 86.8 Å². The van der Waals surface area contributed by atoms with Gasteiger partial charge in [-0.15, -0.1) is 0 Å². The number of para-hydroxylation sites is 1. The van der Waals surface area contributed by atoms with Crippen molar-refractivity contribution >= 4 is 44.5 Å². The van der Waals surface area contributed by atoms with E-state index in [1.54, 1.807) is 49.6 Å². The zero-order valence-electron chi connectivity index (χ0n) is 17.5. The van der Waals surface area contributed by atoms with Crippen LogP contribution < -0.4 is 19.5 Å². The van der Waals surface area contributed by atoms with Gasteiger partial charge in [-0.25, -0.2) is 4.98 Å². The fraction of sp³-hybridized carbons (Fsp3) is 0.0800. The Bertz CT molecular complexity index is 1380. The Labute approximate surface area is 193 Å². The highest BCUT2D eigenvalue weighted by molar-refractivity contribution is 7.22. The zero-order chi connectivity index (χ0) is 22.8. The smallest absolute Gasteiger partial charge is 0.264 e. The van der Waals surface area contributed by atoms with Crippen molar-refractivity contribution < 1.29 is 23.8 Å². The molecule has 0 saturated carbocycles. The van der Waals surface area contributed by atoms with E-state index in [4.69, 9.17) is 14.2 Å². The molecule has 8 heteroatoms. The Morgan fingerprint density at radius 2 is 1.97 bits per heavy atom. The molecule has 0 fully saturated rings. The number of ether oxygens (including phenoxy) is 3. The molecule has 0 spiro atoms. The number of benzene rings is 3. The lowest BCUT2D eigenvalue weighted by Crippen LogP contribution is -2.20. The van der Waals surface area contributed by atoms with Gasteiger partial charge in [-0.1, -0.05) is 35.6 Å². The van der Waals surface area contributed by atoms with Crippen LogP contribution in [0.3, 0.4) is 0 Å². The number of rotatable bonds is 6. The van der Waals surface area contributed by atoms with Crippen LogP contribution in [0.25, 0.3) is 16.3 Å². The van der Waals surface area contributed by atoms with Gasteiger partial charge in [0.15, 0.2) is 17.5 Å². The first-order chi connectivity index (χ1) is 16.1. The third-order valence-electron chi connectivity index (χ3n) is 4.94. The van der Waals surface area contributed by atoms with Crippen LogP contribution in [-0.2, 0) is 4.79 Å². The number of anilines is 1. The summed E-state index contributed by atoms with van der Waals surface area (Å²) in [6, 6.07) is 19.8. The van der Waals surface area contributed by atoms with Crippen LogP contribution in [-0.4, -0.2) is 30.4 Å². The van der Waals surface area contributed by atoms with Gasteiger partial charge in [0, 0.05) is 6.07 Å². The molecular formula is C25H18N2O5S. The maximum atomic E-state index is 12.6. The third-order valence-corrected chi connectivity index (χ3v) is 5.89. The molecule has 0 bridgehead atoms. The molecule has 1 N–H and O–H groups in total. The monoisotopic (exact) mass is 458 g/mol. The normalized spacial score (nSPS) is 13.6. The molecule has 2 heterocycles. The SMILES string of the molecule is COc1ccc2c(c1)O/C(=C\c1cccc(OCC(=O)Nc3nc4ccccc4s3)c1)C2=O. The van der Waals surface area contributed by atoms with Crippen LogP contribution in [0.4, 0.5) is 5.13 Å². The number of hydrogen-bond donors (Lipinski definition) is 1. The first-order valence-corrected chi connectivity index (χ1v) is 10.9. The van der Waals surface area contributed by atoms with Crippen LogP contribution >= 0.6 is 11.3 Å². The number of nitrogens with zero attached hydrogens (tertiary/aromatic N) is 1. The lowest BCUT2D eigenvalue weighted by Gasteiger charge is -2.07. The van der Waals surface area contributed by atoms with Gasteiger partial charge in [0.05, 0.1) is 22.9 Å². The number of methoxy groups -OCH3 is 1. The van der Waals surface area contributed by atoms with Crippen LogP contribution in [0, 0.1) is 0 Å². The summed E-state index contributed by atoms with van der Waals surface area (Å²) >= 11 is 1.40. The van der Waals surface area contributed by atoms with E-state index < -0.39 is 0 Å². The molecule has 0 aliphatic carbocycles. The van der Waals surface area contributed by atoms with E-state index >= 15 is 0 Å². The Kier molecular flexibility index (Phi) is 5.50. The molecule has 1 aliphatic rings. The third kappa shape index (κ3) is 4.42. The molecule has 0 atom stereocenters. The number of aromatic nitrogens is 1. The molecule has 164 valence electrons.